The fourth-order valence-corrected chi connectivity index (χ4v) is 4.29. The van der Waals surface area contributed by atoms with Gasteiger partial charge in [0.05, 0.1) is 0 Å². The van der Waals surface area contributed by atoms with Crippen LogP contribution in [0.15, 0.2) is 12.2 Å². The summed E-state index contributed by atoms with van der Waals surface area (Å²) in [6.07, 6.45) is 37.5. The van der Waals surface area contributed by atoms with Crippen molar-refractivity contribution < 1.29 is 9.90 Å². The molecule has 0 amide bonds. The van der Waals surface area contributed by atoms with Crippen molar-refractivity contribution in [2.75, 3.05) is 0 Å². The maximum absolute atomic E-state index is 10.4. The van der Waals surface area contributed by atoms with E-state index in [1.807, 2.05) is 0 Å². The van der Waals surface area contributed by atoms with E-state index in [0.717, 1.165) is 12.8 Å². The predicted octanol–water partition coefficient (Wildman–Crippen LogP) is 10.4. The summed E-state index contributed by atoms with van der Waals surface area (Å²) in [6, 6.07) is 0. The normalized spacial score (nSPS) is 11.5. The van der Waals surface area contributed by atoms with E-state index in [-0.39, 0.29) is 0 Å². The first kappa shape index (κ1) is 30.2. The van der Waals surface area contributed by atoms with Crippen LogP contribution in [0.25, 0.3) is 0 Å². The molecule has 0 saturated carbocycles. The highest BCUT2D eigenvalue weighted by atomic mass is 16.4. The first-order valence-corrected chi connectivity index (χ1v) is 14.1. The van der Waals surface area contributed by atoms with Gasteiger partial charge in [0.25, 0.3) is 0 Å². The zero-order valence-electron chi connectivity index (χ0n) is 21.2. The molecule has 0 spiro atoms. The number of aliphatic carboxylic acids is 1. The monoisotopic (exact) mass is 436 g/mol. The summed E-state index contributed by atoms with van der Waals surface area (Å²) in [4.78, 5) is 10.4. The summed E-state index contributed by atoms with van der Waals surface area (Å²) in [7, 11) is 0. The Labute approximate surface area is 195 Å². The molecule has 0 rings (SSSR count). The first-order valence-electron chi connectivity index (χ1n) is 14.1. The van der Waals surface area contributed by atoms with Crippen molar-refractivity contribution >= 4 is 5.97 Å². The Bertz CT molecular complexity index is 375. The number of hydrogen-bond donors (Lipinski definition) is 1. The van der Waals surface area contributed by atoms with E-state index in [9.17, 15) is 4.79 Å². The molecule has 184 valence electrons. The van der Waals surface area contributed by atoms with Gasteiger partial charge < -0.3 is 5.11 Å². The van der Waals surface area contributed by atoms with Gasteiger partial charge in [0.15, 0.2) is 0 Å². The number of carbonyl (C=O) groups is 1. The molecule has 0 aromatic carbocycles. The maximum atomic E-state index is 10.4. The largest absolute Gasteiger partial charge is 0.481 e. The molecule has 0 saturated heterocycles. The van der Waals surface area contributed by atoms with Crippen molar-refractivity contribution in [3.05, 3.63) is 12.2 Å². The van der Waals surface area contributed by atoms with E-state index in [1.165, 1.54) is 141 Å². The molecule has 0 fully saturated rings. The summed E-state index contributed by atoms with van der Waals surface area (Å²) in [5.41, 5.74) is 0. The third kappa shape index (κ3) is 29.2. The van der Waals surface area contributed by atoms with Crippen LogP contribution in [0, 0.1) is 0 Å². The zero-order chi connectivity index (χ0) is 22.7. The summed E-state index contributed by atoms with van der Waals surface area (Å²) in [5.74, 6) is -0.660. The van der Waals surface area contributed by atoms with Gasteiger partial charge >= 0.3 is 5.97 Å². The molecule has 0 aromatic rings. The molecule has 0 atom stereocenters. The van der Waals surface area contributed by atoms with Crippen molar-refractivity contribution in [2.45, 2.75) is 167 Å². The lowest BCUT2D eigenvalue weighted by Gasteiger charge is -2.03. The highest BCUT2D eigenvalue weighted by molar-refractivity contribution is 5.66. The molecule has 31 heavy (non-hydrogen) atoms. The second-order valence-corrected chi connectivity index (χ2v) is 9.62. The predicted molar refractivity (Wildman–Crippen MR) is 138 cm³/mol. The lowest BCUT2D eigenvalue weighted by molar-refractivity contribution is -0.137. The van der Waals surface area contributed by atoms with Crippen LogP contribution < -0.4 is 0 Å². The van der Waals surface area contributed by atoms with Crippen molar-refractivity contribution in [1.82, 2.24) is 0 Å². The van der Waals surface area contributed by atoms with E-state index >= 15 is 0 Å². The molecule has 0 aromatic heterocycles. The quantitative estimate of drug-likeness (QED) is 0.108. The lowest BCUT2D eigenvalue weighted by atomic mass is 10.0. The lowest BCUT2D eigenvalue weighted by Crippen LogP contribution is -1.93. The number of carboxylic acid groups (broad SMARTS) is 1. The Morgan fingerprint density at radius 3 is 1.10 bits per heavy atom. The van der Waals surface area contributed by atoms with E-state index in [4.69, 9.17) is 5.11 Å². The minimum absolute atomic E-state index is 0.333. The van der Waals surface area contributed by atoms with E-state index in [0.29, 0.717) is 6.42 Å². The highest BCUT2D eigenvalue weighted by Crippen LogP contribution is 2.14. The second-order valence-electron chi connectivity index (χ2n) is 9.62. The third-order valence-electron chi connectivity index (χ3n) is 6.40. The number of rotatable bonds is 26. The van der Waals surface area contributed by atoms with Gasteiger partial charge in [0.2, 0.25) is 0 Å². The Kier molecular flexibility index (Phi) is 26.5. The summed E-state index contributed by atoms with van der Waals surface area (Å²) < 4.78 is 0. The molecule has 2 heteroatoms. The average molecular weight is 437 g/mol. The molecule has 1 N–H and O–H groups in total. The van der Waals surface area contributed by atoms with Crippen LogP contribution in [0.1, 0.15) is 167 Å². The Balaban J connectivity index is 3.07. The highest BCUT2D eigenvalue weighted by Gasteiger charge is 1.96. The van der Waals surface area contributed by atoms with Gasteiger partial charge in [-0.05, 0) is 32.1 Å². The molecule has 0 aliphatic rings. The third-order valence-corrected chi connectivity index (χ3v) is 6.40. The van der Waals surface area contributed by atoms with Gasteiger partial charge in [-0.25, -0.2) is 0 Å². The van der Waals surface area contributed by atoms with Crippen molar-refractivity contribution in [2.24, 2.45) is 0 Å². The summed E-state index contributed by atoms with van der Waals surface area (Å²) in [5, 5.41) is 8.59. The van der Waals surface area contributed by atoms with Crippen LogP contribution in [-0.4, -0.2) is 11.1 Å². The minimum atomic E-state index is -0.660. The maximum Gasteiger partial charge on any atom is 0.303 e. The van der Waals surface area contributed by atoms with Gasteiger partial charge in [-0.1, -0.05) is 141 Å². The van der Waals surface area contributed by atoms with Crippen molar-refractivity contribution in [3.63, 3.8) is 0 Å². The van der Waals surface area contributed by atoms with E-state index < -0.39 is 5.97 Å². The fourth-order valence-electron chi connectivity index (χ4n) is 4.29. The number of unbranched alkanes of at least 4 members (excludes halogenated alkanes) is 22. The molecular formula is C29H56O2. The van der Waals surface area contributed by atoms with Gasteiger partial charge in [0, 0.05) is 6.42 Å². The van der Waals surface area contributed by atoms with Crippen LogP contribution in [0.2, 0.25) is 0 Å². The minimum Gasteiger partial charge on any atom is -0.481 e. The summed E-state index contributed by atoms with van der Waals surface area (Å²) in [6.45, 7) is 2.29. The molecule has 0 heterocycles. The number of allylic oxidation sites excluding steroid dienone is 2. The standard InChI is InChI=1S/C29H56O2/c1-2-3-4-5-6-7-8-9-10-11-12-13-14-15-16-17-18-19-20-21-22-23-24-25-26-27-28-29(30)31/h20-21H,2-19,22-28H2,1H3,(H,30,31). The summed E-state index contributed by atoms with van der Waals surface area (Å²) >= 11 is 0. The van der Waals surface area contributed by atoms with Crippen molar-refractivity contribution in [1.29, 1.82) is 0 Å². The zero-order valence-corrected chi connectivity index (χ0v) is 21.2. The number of carboxylic acids is 1. The molecule has 0 aliphatic carbocycles. The van der Waals surface area contributed by atoms with Crippen molar-refractivity contribution in [3.8, 4) is 0 Å². The first-order chi connectivity index (χ1) is 15.3. The van der Waals surface area contributed by atoms with E-state index in [2.05, 4.69) is 19.1 Å². The van der Waals surface area contributed by atoms with Gasteiger partial charge in [0.1, 0.15) is 0 Å². The molecule has 2 nitrogen and oxygen atoms in total. The second kappa shape index (κ2) is 27.2. The molecular weight excluding hydrogens is 380 g/mol. The fraction of sp³-hybridized carbons (Fsp3) is 0.897. The van der Waals surface area contributed by atoms with Crippen LogP contribution in [0.5, 0.6) is 0 Å². The Hall–Kier alpha value is -0.790. The van der Waals surface area contributed by atoms with Gasteiger partial charge in [-0.15, -0.1) is 0 Å². The number of hydrogen-bond acceptors (Lipinski definition) is 1. The molecule has 0 radical (unpaired) electrons. The molecule has 0 bridgehead atoms. The smallest absolute Gasteiger partial charge is 0.303 e. The Morgan fingerprint density at radius 2 is 0.774 bits per heavy atom. The molecule has 0 aliphatic heterocycles. The average Bonchev–Trinajstić information content (AvgIpc) is 2.76. The van der Waals surface area contributed by atoms with Crippen LogP contribution >= 0.6 is 0 Å². The topological polar surface area (TPSA) is 37.3 Å². The van der Waals surface area contributed by atoms with Crippen LogP contribution in [0.3, 0.4) is 0 Å². The van der Waals surface area contributed by atoms with Gasteiger partial charge in [-0.3, -0.25) is 4.79 Å². The van der Waals surface area contributed by atoms with Crippen LogP contribution in [-0.2, 0) is 4.79 Å². The van der Waals surface area contributed by atoms with Gasteiger partial charge in [-0.2, -0.15) is 0 Å². The Morgan fingerprint density at radius 1 is 0.484 bits per heavy atom. The van der Waals surface area contributed by atoms with E-state index in [1.54, 1.807) is 0 Å². The molecule has 0 unspecified atom stereocenters. The van der Waals surface area contributed by atoms with Crippen LogP contribution in [0.4, 0.5) is 0 Å². The SMILES string of the molecule is CCCCCCCCCCCCCCCCCCCC=CCCCCCCCC(=O)O.